The number of hydrogen-bond acceptors (Lipinski definition) is 2. The van der Waals surface area contributed by atoms with Crippen LogP contribution in [0.3, 0.4) is 0 Å². The van der Waals surface area contributed by atoms with E-state index >= 15 is 0 Å². The molecule has 3 heteroatoms. The topological polar surface area (TPSA) is 54.4 Å². The summed E-state index contributed by atoms with van der Waals surface area (Å²) in [6.07, 6.45) is 13.3. The van der Waals surface area contributed by atoms with Crippen LogP contribution in [-0.4, -0.2) is 16.9 Å². The zero-order valence-corrected chi connectivity index (χ0v) is 19.2. The number of rotatable bonds is 7. The maximum Gasteiger partial charge on any atom is 0.307 e. The molecule has 3 rings (SSSR count). The summed E-state index contributed by atoms with van der Waals surface area (Å²) in [5, 5.41) is 10.3. The Labute approximate surface area is 177 Å². The van der Waals surface area contributed by atoms with Crippen LogP contribution in [0.4, 0.5) is 0 Å². The number of carbonyl (C=O) groups excluding carboxylic acids is 1. The fraction of sp³-hybridized carbons (Fsp3) is 0.846. The van der Waals surface area contributed by atoms with Gasteiger partial charge in [0.05, 0.1) is 5.92 Å². The minimum Gasteiger partial charge on any atom is -0.481 e. The van der Waals surface area contributed by atoms with Gasteiger partial charge in [0.1, 0.15) is 0 Å². The van der Waals surface area contributed by atoms with Crippen molar-refractivity contribution in [2.24, 2.45) is 46.3 Å². The van der Waals surface area contributed by atoms with Crippen LogP contribution in [0.2, 0.25) is 0 Å². The van der Waals surface area contributed by atoms with Crippen LogP contribution in [-0.2, 0) is 9.59 Å². The lowest BCUT2D eigenvalue weighted by atomic mass is 9.50. The van der Waals surface area contributed by atoms with E-state index in [-0.39, 0.29) is 29.0 Å². The van der Waals surface area contributed by atoms with Crippen LogP contribution in [0, 0.1) is 46.3 Å². The van der Waals surface area contributed by atoms with Gasteiger partial charge in [-0.05, 0) is 79.6 Å². The molecule has 0 heterocycles. The van der Waals surface area contributed by atoms with E-state index in [1.54, 1.807) is 6.08 Å². The molecule has 3 aliphatic carbocycles. The first kappa shape index (κ1) is 22.6. The summed E-state index contributed by atoms with van der Waals surface area (Å²) >= 11 is 0. The van der Waals surface area contributed by atoms with Crippen molar-refractivity contribution in [3.8, 4) is 0 Å². The minimum atomic E-state index is -0.664. The van der Waals surface area contributed by atoms with Crippen molar-refractivity contribution >= 4 is 11.8 Å². The Balaban J connectivity index is 1.80. The SMILES string of the molecule is CC(C)CCC[C@H](C)[C@@H]1CC[C@H]2[C@@H](C(=O)O)[C@H]([C@@]3(C)CCC=CC3=O)CC[C@@]21C. The molecule has 3 nitrogen and oxygen atoms in total. The molecule has 0 aliphatic heterocycles. The molecule has 164 valence electrons. The van der Waals surface area contributed by atoms with Crippen molar-refractivity contribution in [2.45, 2.75) is 92.4 Å². The van der Waals surface area contributed by atoms with Crippen LogP contribution in [0.25, 0.3) is 0 Å². The van der Waals surface area contributed by atoms with Crippen molar-refractivity contribution < 1.29 is 14.7 Å². The standard InChI is InChI=1S/C26H42O3/c1-17(2)9-8-10-18(3)19-12-13-20-23(24(28)29)21(14-16-25(19,20)4)26(5)15-7-6-11-22(26)27/h6,11,17-21,23H,7-10,12-16H2,1-5H3,(H,28,29)/t18-,19-,20-,21+,23+,25+,26+/m0/s1. The summed E-state index contributed by atoms with van der Waals surface area (Å²) in [4.78, 5) is 25.4. The lowest BCUT2D eigenvalue weighted by Gasteiger charge is -2.52. The predicted octanol–water partition coefficient (Wildman–Crippen LogP) is 6.52. The number of ketones is 1. The highest BCUT2D eigenvalue weighted by Gasteiger charge is 2.60. The Morgan fingerprint density at radius 3 is 2.45 bits per heavy atom. The van der Waals surface area contributed by atoms with E-state index in [4.69, 9.17) is 0 Å². The second kappa shape index (κ2) is 8.55. The number of hydrogen-bond donors (Lipinski definition) is 1. The number of carboxylic acid groups (broad SMARTS) is 1. The lowest BCUT2D eigenvalue weighted by Crippen LogP contribution is -2.52. The molecular weight excluding hydrogens is 360 g/mol. The van der Waals surface area contributed by atoms with Gasteiger partial charge in [-0.2, -0.15) is 0 Å². The molecule has 0 saturated heterocycles. The Bertz CT molecular complexity index is 650. The lowest BCUT2D eigenvalue weighted by molar-refractivity contribution is -0.159. The van der Waals surface area contributed by atoms with Gasteiger partial charge in [0.25, 0.3) is 0 Å². The molecule has 2 saturated carbocycles. The van der Waals surface area contributed by atoms with Gasteiger partial charge >= 0.3 is 5.97 Å². The summed E-state index contributed by atoms with van der Waals surface area (Å²) in [6.45, 7) is 11.4. The summed E-state index contributed by atoms with van der Waals surface area (Å²) in [7, 11) is 0. The quantitative estimate of drug-likeness (QED) is 0.527. The van der Waals surface area contributed by atoms with Crippen molar-refractivity contribution in [3.05, 3.63) is 12.2 Å². The maximum absolute atomic E-state index is 12.8. The largest absolute Gasteiger partial charge is 0.481 e. The summed E-state index contributed by atoms with van der Waals surface area (Å²) < 4.78 is 0. The van der Waals surface area contributed by atoms with Gasteiger partial charge in [-0.3, -0.25) is 9.59 Å². The highest BCUT2D eigenvalue weighted by Crippen LogP contribution is 2.64. The molecule has 0 aromatic rings. The first-order valence-corrected chi connectivity index (χ1v) is 12.0. The normalized spacial score (nSPS) is 40.8. The van der Waals surface area contributed by atoms with E-state index in [1.165, 1.54) is 19.3 Å². The molecule has 0 aromatic carbocycles. The van der Waals surface area contributed by atoms with E-state index < -0.39 is 11.4 Å². The predicted molar refractivity (Wildman–Crippen MR) is 118 cm³/mol. The van der Waals surface area contributed by atoms with Crippen molar-refractivity contribution in [1.82, 2.24) is 0 Å². The molecule has 0 bridgehead atoms. The van der Waals surface area contributed by atoms with Gasteiger partial charge in [-0.1, -0.05) is 60.0 Å². The molecule has 0 aromatic heterocycles. The molecule has 2 fully saturated rings. The third-order valence-corrected chi connectivity index (χ3v) is 9.24. The van der Waals surface area contributed by atoms with E-state index in [1.807, 2.05) is 13.0 Å². The zero-order chi connectivity index (χ0) is 21.4. The second-order valence-corrected chi connectivity index (χ2v) is 11.3. The maximum atomic E-state index is 12.8. The van der Waals surface area contributed by atoms with Crippen LogP contribution >= 0.6 is 0 Å². The van der Waals surface area contributed by atoms with E-state index in [0.717, 1.165) is 44.4 Å². The van der Waals surface area contributed by atoms with E-state index in [0.29, 0.717) is 11.8 Å². The average Bonchev–Trinajstić information content (AvgIpc) is 2.99. The average molecular weight is 403 g/mol. The third kappa shape index (κ3) is 4.08. The highest BCUT2D eigenvalue weighted by molar-refractivity contribution is 5.96. The number of carboxylic acids is 1. The first-order valence-electron chi connectivity index (χ1n) is 12.0. The molecule has 1 N–H and O–H groups in total. The van der Waals surface area contributed by atoms with Crippen LogP contribution < -0.4 is 0 Å². The highest BCUT2D eigenvalue weighted by atomic mass is 16.4. The smallest absolute Gasteiger partial charge is 0.307 e. The number of carbonyl (C=O) groups is 2. The Morgan fingerprint density at radius 2 is 1.83 bits per heavy atom. The second-order valence-electron chi connectivity index (χ2n) is 11.3. The zero-order valence-electron chi connectivity index (χ0n) is 19.2. The molecule has 29 heavy (non-hydrogen) atoms. The fourth-order valence-corrected chi connectivity index (χ4v) is 7.48. The van der Waals surface area contributed by atoms with Gasteiger partial charge < -0.3 is 5.11 Å². The van der Waals surface area contributed by atoms with E-state index in [2.05, 4.69) is 27.7 Å². The summed E-state index contributed by atoms with van der Waals surface area (Å²) in [5.74, 6) is 1.34. The van der Waals surface area contributed by atoms with Gasteiger partial charge in [0, 0.05) is 5.41 Å². The molecule has 0 spiro atoms. The molecule has 3 aliphatic rings. The van der Waals surface area contributed by atoms with Crippen LogP contribution in [0.15, 0.2) is 12.2 Å². The minimum absolute atomic E-state index is 0.0227. The van der Waals surface area contributed by atoms with Gasteiger partial charge in [-0.15, -0.1) is 0 Å². The molecular formula is C26H42O3. The molecule has 7 atom stereocenters. The molecule has 0 radical (unpaired) electrons. The van der Waals surface area contributed by atoms with Gasteiger partial charge in [0.2, 0.25) is 0 Å². The van der Waals surface area contributed by atoms with Gasteiger partial charge in [-0.25, -0.2) is 0 Å². The van der Waals surface area contributed by atoms with Crippen molar-refractivity contribution in [2.75, 3.05) is 0 Å². The Morgan fingerprint density at radius 1 is 1.10 bits per heavy atom. The van der Waals surface area contributed by atoms with Gasteiger partial charge in [0.15, 0.2) is 5.78 Å². The number of fused-ring (bicyclic) bond motifs is 1. The van der Waals surface area contributed by atoms with E-state index in [9.17, 15) is 14.7 Å². The van der Waals surface area contributed by atoms with Crippen LogP contribution in [0.1, 0.15) is 92.4 Å². The molecule has 0 amide bonds. The summed E-state index contributed by atoms with van der Waals surface area (Å²) in [5.41, 5.74) is -0.388. The number of allylic oxidation sites excluding steroid dienone is 2. The van der Waals surface area contributed by atoms with Crippen LogP contribution in [0.5, 0.6) is 0 Å². The van der Waals surface area contributed by atoms with Crippen molar-refractivity contribution in [1.29, 1.82) is 0 Å². The Kier molecular flexibility index (Phi) is 6.65. The third-order valence-electron chi connectivity index (χ3n) is 9.24. The Hall–Kier alpha value is -1.12. The fourth-order valence-electron chi connectivity index (χ4n) is 7.48. The monoisotopic (exact) mass is 402 g/mol. The summed E-state index contributed by atoms with van der Waals surface area (Å²) in [6, 6.07) is 0. The first-order chi connectivity index (χ1) is 13.6. The molecule has 0 unspecified atom stereocenters. The number of aliphatic carboxylic acids is 1. The van der Waals surface area contributed by atoms with Crippen molar-refractivity contribution in [3.63, 3.8) is 0 Å².